The van der Waals surface area contributed by atoms with Crippen LogP contribution in [0.25, 0.3) is 0 Å². The molecule has 0 unspecified atom stereocenters. The van der Waals surface area contributed by atoms with E-state index in [4.69, 9.17) is 45.3 Å². The van der Waals surface area contributed by atoms with E-state index in [0.717, 1.165) is 5.69 Å². The van der Waals surface area contributed by atoms with E-state index in [9.17, 15) is 9.59 Å². The molecule has 1 aromatic heterocycles. The predicted octanol–water partition coefficient (Wildman–Crippen LogP) is 3.49. The Morgan fingerprint density at radius 3 is 2.35 bits per heavy atom. The van der Waals surface area contributed by atoms with Gasteiger partial charge >= 0.3 is 5.97 Å². The average molecular weight is 418 g/mol. The van der Waals surface area contributed by atoms with Gasteiger partial charge in [-0.1, -0.05) is 34.8 Å². The second-order valence-electron chi connectivity index (χ2n) is 5.36. The molecule has 138 valence electrons. The lowest BCUT2D eigenvalue weighted by molar-refractivity contribution is -0.119. The third-order valence-electron chi connectivity index (χ3n) is 3.27. The number of nitrogens with one attached hydrogen (secondary N) is 1. The zero-order valence-corrected chi connectivity index (χ0v) is 16.1. The molecular weight excluding hydrogens is 403 g/mol. The Balaban J connectivity index is 1.98. The van der Waals surface area contributed by atoms with Gasteiger partial charge in [0, 0.05) is 25.5 Å². The number of hydrogen-bond donors (Lipinski definition) is 2. The van der Waals surface area contributed by atoms with Crippen LogP contribution in [0.2, 0.25) is 15.2 Å². The number of rotatable bonds is 5. The molecule has 0 fully saturated rings. The van der Waals surface area contributed by atoms with Crippen molar-refractivity contribution in [2.45, 2.75) is 0 Å². The molecule has 3 N–H and O–H groups in total. The number of carbonyl (C=O) groups is 2. The van der Waals surface area contributed by atoms with E-state index in [1.807, 2.05) is 31.1 Å². The first-order valence-electron chi connectivity index (χ1n) is 7.25. The Morgan fingerprint density at radius 2 is 1.77 bits per heavy atom. The summed E-state index contributed by atoms with van der Waals surface area (Å²) in [7, 11) is 3.81. The molecule has 10 heteroatoms. The SMILES string of the molecule is CN(C)c1ccc(NC(=O)COC(=O)c2nc(Cl)c(Cl)c(N)c2Cl)cc1. The van der Waals surface area contributed by atoms with Gasteiger partial charge in [-0.25, -0.2) is 9.78 Å². The molecule has 7 nitrogen and oxygen atoms in total. The lowest BCUT2D eigenvalue weighted by atomic mass is 10.2. The van der Waals surface area contributed by atoms with Crippen LogP contribution in [0.5, 0.6) is 0 Å². The largest absolute Gasteiger partial charge is 0.451 e. The molecule has 1 amide bonds. The van der Waals surface area contributed by atoms with Gasteiger partial charge in [0.05, 0.1) is 10.7 Å². The highest BCUT2D eigenvalue weighted by Gasteiger charge is 2.21. The highest BCUT2D eigenvalue weighted by atomic mass is 35.5. The van der Waals surface area contributed by atoms with Crippen molar-refractivity contribution in [1.29, 1.82) is 0 Å². The molecule has 2 rings (SSSR count). The molecule has 1 aromatic carbocycles. The lowest BCUT2D eigenvalue weighted by Crippen LogP contribution is -2.21. The second kappa shape index (κ2) is 8.44. The summed E-state index contributed by atoms with van der Waals surface area (Å²) in [5.74, 6) is -1.47. The number of amides is 1. The summed E-state index contributed by atoms with van der Waals surface area (Å²) in [6.45, 7) is -0.535. The third kappa shape index (κ3) is 4.69. The molecule has 0 aliphatic rings. The van der Waals surface area contributed by atoms with Crippen molar-refractivity contribution in [3.8, 4) is 0 Å². The molecule has 0 radical (unpaired) electrons. The van der Waals surface area contributed by atoms with Crippen molar-refractivity contribution in [3.05, 3.63) is 45.2 Å². The molecule has 0 aliphatic heterocycles. The van der Waals surface area contributed by atoms with Crippen molar-refractivity contribution in [1.82, 2.24) is 4.98 Å². The fourth-order valence-corrected chi connectivity index (χ4v) is 2.49. The molecule has 0 saturated carbocycles. The number of aromatic nitrogens is 1. The van der Waals surface area contributed by atoms with Gasteiger partial charge in [0.15, 0.2) is 17.5 Å². The number of benzene rings is 1. The summed E-state index contributed by atoms with van der Waals surface area (Å²) in [6, 6.07) is 7.13. The minimum atomic E-state index is -0.946. The van der Waals surface area contributed by atoms with Gasteiger partial charge in [0.1, 0.15) is 5.02 Å². The molecule has 0 aliphatic carbocycles. The Kier molecular flexibility index (Phi) is 6.52. The molecule has 0 atom stereocenters. The summed E-state index contributed by atoms with van der Waals surface area (Å²) in [5.41, 5.74) is 6.76. The van der Waals surface area contributed by atoms with Crippen LogP contribution in [0.4, 0.5) is 17.1 Å². The van der Waals surface area contributed by atoms with Crippen LogP contribution in [0.15, 0.2) is 24.3 Å². The minimum absolute atomic E-state index is 0.0628. The van der Waals surface area contributed by atoms with Gasteiger partial charge in [-0.2, -0.15) is 0 Å². The number of esters is 1. The normalized spacial score (nSPS) is 10.3. The van der Waals surface area contributed by atoms with Gasteiger partial charge in [0.25, 0.3) is 5.91 Å². The van der Waals surface area contributed by atoms with Crippen LogP contribution in [0.1, 0.15) is 10.5 Å². The zero-order chi connectivity index (χ0) is 19.4. The summed E-state index contributed by atoms with van der Waals surface area (Å²) in [6.07, 6.45) is 0. The monoisotopic (exact) mass is 416 g/mol. The van der Waals surface area contributed by atoms with Gasteiger partial charge in [0.2, 0.25) is 0 Å². The summed E-state index contributed by atoms with van der Waals surface area (Å²) in [5, 5.41) is 2.16. The van der Waals surface area contributed by atoms with E-state index in [-0.39, 0.29) is 26.6 Å². The van der Waals surface area contributed by atoms with E-state index >= 15 is 0 Å². The van der Waals surface area contributed by atoms with Crippen molar-refractivity contribution >= 4 is 63.7 Å². The molecule has 0 spiro atoms. The van der Waals surface area contributed by atoms with Crippen LogP contribution >= 0.6 is 34.8 Å². The smallest absolute Gasteiger partial charge is 0.359 e. The van der Waals surface area contributed by atoms with Crippen LogP contribution in [0, 0.1) is 0 Å². The molecule has 0 saturated heterocycles. The highest BCUT2D eigenvalue weighted by Crippen LogP contribution is 2.34. The topological polar surface area (TPSA) is 97.5 Å². The lowest BCUT2D eigenvalue weighted by Gasteiger charge is -2.13. The Hall–Kier alpha value is -2.22. The first kappa shape index (κ1) is 20.1. The predicted molar refractivity (Wildman–Crippen MR) is 103 cm³/mol. The Morgan fingerprint density at radius 1 is 1.15 bits per heavy atom. The van der Waals surface area contributed by atoms with Crippen molar-refractivity contribution in [2.75, 3.05) is 36.7 Å². The number of ether oxygens (including phenoxy) is 1. The van der Waals surface area contributed by atoms with Gasteiger partial charge in [-0.3, -0.25) is 4.79 Å². The van der Waals surface area contributed by atoms with Gasteiger partial charge in [-0.15, -0.1) is 0 Å². The van der Waals surface area contributed by atoms with Gasteiger partial charge in [-0.05, 0) is 24.3 Å². The Labute approximate surface area is 165 Å². The Bertz CT molecular complexity index is 842. The fourth-order valence-electron chi connectivity index (χ4n) is 1.91. The number of nitrogens with two attached hydrogens (primary N) is 1. The van der Waals surface area contributed by atoms with E-state index in [1.165, 1.54) is 0 Å². The fraction of sp³-hybridized carbons (Fsp3) is 0.188. The maximum absolute atomic E-state index is 12.0. The third-order valence-corrected chi connectivity index (χ3v) is 4.40. The second-order valence-corrected chi connectivity index (χ2v) is 6.47. The van der Waals surface area contributed by atoms with Crippen LogP contribution in [0.3, 0.4) is 0 Å². The number of hydrogen-bond acceptors (Lipinski definition) is 6. The number of pyridine rings is 1. The molecule has 26 heavy (non-hydrogen) atoms. The summed E-state index contributed by atoms with van der Waals surface area (Å²) >= 11 is 17.5. The summed E-state index contributed by atoms with van der Waals surface area (Å²) in [4.78, 5) is 29.6. The highest BCUT2D eigenvalue weighted by molar-refractivity contribution is 6.46. The van der Waals surface area contributed by atoms with Gasteiger partial charge < -0.3 is 20.7 Å². The number of anilines is 3. The van der Waals surface area contributed by atoms with Crippen molar-refractivity contribution in [2.24, 2.45) is 0 Å². The van der Waals surface area contributed by atoms with Crippen LogP contribution in [-0.4, -0.2) is 37.6 Å². The summed E-state index contributed by atoms with van der Waals surface area (Å²) < 4.78 is 4.89. The molecule has 1 heterocycles. The van der Waals surface area contributed by atoms with Crippen LogP contribution < -0.4 is 16.0 Å². The number of halogens is 3. The van der Waals surface area contributed by atoms with Crippen LogP contribution in [-0.2, 0) is 9.53 Å². The first-order chi connectivity index (χ1) is 12.2. The number of nitrogen functional groups attached to an aromatic ring is 1. The molecule has 2 aromatic rings. The standard InChI is InChI=1S/C16H15Cl3N4O3/c1-23(2)9-5-3-8(4-6-9)21-10(24)7-26-16(25)14-11(17)13(20)12(18)15(19)22-14/h3-6H,7H2,1-2H3,(H2,20,22)(H,21,24). The first-order valence-corrected chi connectivity index (χ1v) is 8.38. The maximum Gasteiger partial charge on any atom is 0.359 e. The van der Waals surface area contributed by atoms with Crippen molar-refractivity contribution < 1.29 is 14.3 Å². The van der Waals surface area contributed by atoms with Crippen molar-refractivity contribution in [3.63, 3.8) is 0 Å². The average Bonchev–Trinajstić information content (AvgIpc) is 2.61. The quantitative estimate of drug-likeness (QED) is 0.571. The van der Waals surface area contributed by atoms with E-state index in [2.05, 4.69) is 10.3 Å². The number of nitrogens with zero attached hydrogens (tertiary/aromatic N) is 2. The zero-order valence-electron chi connectivity index (χ0n) is 13.8. The van der Waals surface area contributed by atoms with E-state index in [1.54, 1.807) is 12.1 Å². The molecular formula is C16H15Cl3N4O3. The minimum Gasteiger partial charge on any atom is -0.451 e. The molecule has 0 bridgehead atoms. The van der Waals surface area contributed by atoms with E-state index in [0.29, 0.717) is 5.69 Å². The maximum atomic E-state index is 12.0. The van der Waals surface area contributed by atoms with E-state index < -0.39 is 18.5 Å². The number of carbonyl (C=O) groups excluding carboxylic acids is 2.